The van der Waals surface area contributed by atoms with E-state index >= 15 is 0 Å². The fraction of sp³-hybridized carbons (Fsp3) is 0.455. The first-order valence-corrected chi connectivity index (χ1v) is 8.17. The minimum Gasteiger partial charge on any atom is -0.343 e. The molecule has 4 rings (SSSR count). The van der Waals surface area contributed by atoms with Crippen LogP contribution in [0.25, 0.3) is 16.5 Å². The van der Waals surface area contributed by atoms with Gasteiger partial charge in [0.1, 0.15) is 0 Å². The monoisotopic (exact) mass is 382 g/mol. The lowest BCUT2D eigenvalue weighted by Crippen LogP contribution is -2.47. The van der Waals surface area contributed by atoms with Gasteiger partial charge in [0.05, 0.1) is 16.9 Å². The van der Waals surface area contributed by atoms with E-state index in [1.54, 1.807) is 0 Å². The molecule has 0 saturated carbocycles. The summed E-state index contributed by atoms with van der Waals surface area (Å²) in [5.41, 5.74) is -0.378. The standard InChI is InChI=1S/C22H27N3O2/c1-5-24(6-2)22(27)16-10-18-17-8-7-9-19-21(17)15(13-25(19)14(3)26)11-20(18)23(4)12-16/h7-10,13,16,20H,5-6,11-12H2,1-4H3/t16-,20-/m1/s1/i1D3,2D3,4D3,5D2,6D2,7D,8D,9D,13D. The molecule has 1 aliphatic carbocycles. The van der Waals surface area contributed by atoms with Crippen LogP contribution in [0, 0.1) is 5.92 Å². The maximum atomic E-state index is 14.0. The molecule has 5 heteroatoms. The summed E-state index contributed by atoms with van der Waals surface area (Å²) in [5.74, 6) is -4.27. The molecule has 0 fully saturated rings. The lowest BCUT2D eigenvalue weighted by molar-refractivity contribution is -0.134. The highest BCUT2D eigenvalue weighted by Gasteiger charge is 2.37. The highest BCUT2D eigenvalue weighted by atomic mass is 16.2. The second-order valence-corrected chi connectivity index (χ2v) is 6.42. The van der Waals surface area contributed by atoms with E-state index in [1.165, 1.54) is 0 Å². The lowest BCUT2D eigenvalue weighted by Gasteiger charge is -2.40. The van der Waals surface area contributed by atoms with Crippen molar-refractivity contribution in [1.82, 2.24) is 14.4 Å². The Kier molecular flexibility index (Phi) is 1.69. The lowest BCUT2D eigenvalue weighted by atomic mass is 9.79. The fourth-order valence-electron chi connectivity index (χ4n) is 3.71. The molecule has 0 spiro atoms. The van der Waals surface area contributed by atoms with Gasteiger partial charge in [-0.05, 0) is 49.8 Å². The molecule has 2 aliphatic rings. The first-order chi connectivity index (χ1) is 19.7. The van der Waals surface area contributed by atoms with E-state index in [4.69, 9.17) is 23.3 Å². The van der Waals surface area contributed by atoms with Gasteiger partial charge in [0.15, 0.2) is 0 Å². The number of aromatic nitrogens is 1. The average Bonchev–Trinajstić information content (AvgIpc) is 3.14. The first kappa shape index (κ1) is 6.89. The van der Waals surface area contributed by atoms with Gasteiger partial charge in [-0.15, -0.1) is 0 Å². The van der Waals surface area contributed by atoms with Crippen LogP contribution in [0.5, 0.6) is 0 Å². The molecule has 2 aromatic rings. The van der Waals surface area contributed by atoms with Gasteiger partial charge in [0, 0.05) is 61.9 Å². The number of carbonyl (C=O) groups is 2. The Hall–Kier alpha value is -2.40. The molecule has 0 saturated heterocycles. The molecule has 5 nitrogen and oxygen atoms in total. The molecule has 142 valence electrons. The number of benzene rings is 1. The number of likely N-dealkylation sites (N-methyl/N-ethyl adjacent to an activating group) is 1. The molecule has 0 unspecified atom stereocenters. The van der Waals surface area contributed by atoms with Gasteiger partial charge >= 0.3 is 0 Å². The molecule has 2 atom stereocenters. The van der Waals surface area contributed by atoms with Gasteiger partial charge in [-0.25, -0.2) is 0 Å². The Morgan fingerprint density at radius 3 is 2.89 bits per heavy atom. The van der Waals surface area contributed by atoms with E-state index in [0.29, 0.717) is 0 Å². The van der Waals surface area contributed by atoms with Crippen LogP contribution < -0.4 is 0 Å². The zero-order valence-corrected chi connectivity index (χ0v) is 14.3. The summed E-state index contributed by atoms with van der Waals surface area (Å²) in [6.45, 7) is -18.0. The minimum absolute atomic E-state index is 0.0183. The Morgan fingerprint density at radius 2 is 2.19 bits per heavy atom. The number of hydrogen-bond donors (Lipinski definition) is 0. The van der Waals surface area contributed by atoms with E-state index in [2.05, 4.69) is 0 Å². The summed E-state index contributed by atoms with van der Waals surface area (Å²) in [4.78, 5) is 26.7. The van der Waals surface area contributed by atoms with E-state index < -0.39 is 93.2 Å². The van der Waals surface area contributed by atoms with Crippen molar-refractivity contribution in [1.29, 1.82) is 0 Å². The number of amides is 1. The number of nitrogens with zero attached hydrogens (tertiary/aromatic N) is 3. The Bertz CT molecular complexity index is 1570. The summed E-state index contributed by atoms with van der Waals surface area (Å²) >= 11 is 0. The number of fused-ring (bicyclic) bond motifs is 2. The quantitative estimate of drug-likeness (QED) is 0.820. The van der Waals surface area contributed by atoms with Gasteiger partial charge < -0.3 is 4.90 Å². The summed E-state index contributed by atoms with van der Waals surface area (Å²) in [6, 6.07) is -3.07. The Labute approximate surface area is 184 Å². The number of carbonyl (C=O) groups excluding carboxylic acids is 2. The van der Waals surface area contributed by atoms with Crippen molar-refractivity contribution in [2.75, 3.05) is 26.5 Å². The summed E-state index contributed by atoms with van der Waals surface area (Å²) < 4.78 is 138. The van der Waals surface area contributed by atoms with E-state index in [-0.39, 0.29) is 34.0 Å². The SMILES string of the molecule is [2H]c1c([2H])c([2H])c2c3c(c([2H])n2C(C)=O)C[C@@H]2C(=C[C@@H](C(=O)N(C([2H])([2H])C([2H])([2H])[2H])C([2H])([2H])C([2H])([2H])[2H])CN2C([2H])([2H])[2H])c13. The molecule has 1 amide bonds. The smallest absolute Gasteiger partial charge is 0.230 e. The largest absolute Gasteiger partial charge is 0.343 e. The molecular formula is C22H27N3O2. The van der Waals surface area contributed by atoms with Crippen LogP contribution in [0.3, 0.4) is 0 Å². The molecule has 0 bridgehead atoms. The maximum Gasteiger partial charge on any atom is 0.230 e. The third-order valence-corrected chi connectivity index (χ3v) is 4.90. The van der Waals surface area contributed by atoms with Crippen molar-refractivity contribution in [3.05, 3.63) is 41.5 Å². The van der Waals surface area contributed by atoms with Crippen molar-refractivity contribution in [3.8, 4) is 0 Å². The van der Waals surface area contributed by atoms with Gasteiger partial charge in [0.25, 0.3) is 0 Å². The van der Waals surface area contributed by atoms with E-state index in [9.17, 15) is 9.59 Å². The van der Waals surface area contributed by atoms with E-state index in [1.807, 2.05) is 0 Å². The molecular weight excluding hydrogens is 338 g/mol. The molecule has 0 N–H and O–H groups in total. The molecule has 27 heavy (non-hydrogen) atoms. The zero-order chi connectivity index (χ0) is 33.9. The maximum absolute atomic E-state index is 14.0. The predicted molar refractivity (Wildman–Crippen MR) is 108 cm³/mol. The van der Waals surface area contributed by atoms with Crippen molar-refractivity contribution in [2.24, 2.45) is 5.92 Å². The van der Waals surface area contributed by atoms with Crippen LogP contribution in [0.15, 0.2) is 30.4 Å². The van der Waals surface area contributed by atoms with Gasteiger partial charge in [-0.3, -0.25) is 19.1 Å². The normalized spacial score (nSPS) is 33.4. The van der Waals surface area contributed by atoms with Crippen LogP contribution in [-0.4, -0.2) is 58.7 Å². The third kappa shape index (κ3) is 2.72. The van der Waals surface area contributed by atoms with Crippen molar-refractivity contribution < 1.29 is 32.9 Å². The predicted octanol–water partition coefficient (Wildman–Crippen LogP) is 3.04. The second kappa shape index (κ2) is 6.64. The minimum atomic E-state index is -3.89. The Balaban J connectivity index is 2.07. The van der Waals surface area contributed by atoms with Crippen molar-refractivity contribution in [3.63, 3.8) is 0 Å². The molecule has 0 radical (unpaired) electrons. The molecule has 1 aromatic carbocycles. The van der Waals surface area contributed by atoms with Crippen LogP contribution in [-0.2, 0) is 11.2 Å². The zero-order valence-electron chi connectivity index (χ0n) is 31.3. The number of rotatable bonds is 3. The summed E-state index contributed by atoms with van der Waals surface area (Å²) in [5, 5.41) is 0.0183. The van der Waals surface area contributed by atoms with Gasteiger partial charge in [-0.1, -0.05) is 18.2 Å². The summed E-state index contributed by atoms with van der Waals surface area (Å²) in [7, 11) is 0. The first-order valence-electron chi connectivity index (χ1n) is 16.7. The van der Waals surface area contributed by atoms with Crippen LogP contribution in [0.1, 0.15) is 59.9 Å². The molecule has 1 aliphatic heterocycles. The van der Waals surface area contributed by atoms with Crippen molar-refractivity contribution in [2.45, 2.75) is 33.1 Å². The number of hydrogen-bond acceptors (Lipinski definition) is 3. The van der Waals surface area contributed by atoms with Gasteiger partial charge in [-0.2, -0.15) is 0 Å². The van der Waals surface area contributed by atoms with Crippen LogP contribution >= 0.6 is 0 Å². The highest BCUT2D eigenvalue weighted by Crippen LogP contribution is 2.41. The third-order valence-electron chi connectivity index (χ3n) is 4.90. The van der Waals surface area contributed by atoms with Crippen LogP contribution in [0.2, 0.25) is 0 Å². The molecule has 2 heterocycles. The second-order valence-electron chi connectivity index (χ2n) is 6.42. The average molecular weight is 383 g/mol. The molecule has 1 aromatic heterocycles. The fourth-order valence-corrected chi connectivity index (χ4v) is 3.71. The van der Waals surface area contributed by atoms with E-state index in [0.717, 1.165) is 22.5 Å². The highest BCUT2D eigenvalue weighted by molar-refractivity contribution is 6.03. The van der Waals surface area contributed by atoms with Crippen molar-refractivity contribution >= 4 is 28.3 Å². The Morgan fingerprint density at radius 1 is 1.37 bits per heavy atom. The van der Waals surface area contributed by atoms with Crippen LogP contribution in [0.4, 0.5) is 0 Å². The topological polar surface area (TPSA) is 45.6 Å². The summed E-state index contributed by atoms with van der Waals surface area (Å²) in [6.07, 6.45) is 0.402. The van der Waals surface area contributed by atoms with Gasteiger partial charge in [0.2, 0.25) is 11.8 Å².